The fraction of sp³-hybridized carbons (Fsp3) is 0.231. The molecule has 0 amide bonds. The van der Waals surface area contributed by atoms with Gasteiger partial charge in [0.15, 0.2) is 6.29 Å². The first-order valence-corrected chi connectivity index (χ1v) is 5.84. The van der Waals surface area contributed by atoms with E-state index in [0.29, 0.717) is 17.1 Å². The standard InChI is InChI=1S/C13H13ClN2O/c1-3-12-11(8-17)13(14)16(15-12)10-6-4-9(2)5-7-10/h4-8H,3H2,1-2H3. The Labute approximate surface area is 105 Å². The fourth-order valence-electron chi connectivity index (χ4n) is 1.69. The number of halogens is 1. The molecule has 0 radical (unpaired) electrons. The number of nitrogens with zero attached hydrogens (tertiary/aromatic N) is 2. The fourth-order valence-corrected chi connectivity index (χ4v) is 1.98. The maximum Gasteiger partial charge on any atom is 0.155 e. The lowest BCUT2D eigenvalue weighted by Crippen LogP contribution is -1.97. The van der Waals surface area contributed by atoms with Gasteiger partial charge in [0.05, 0.1) is 16.9 Å². The Balaban J connectivity index is 2.56. The zero-order chi connectivity index (χ0) is 12.4. The molecule has 1 aromatic carbocycles. The number of aromatic nitrogens is 2. The van der Waals surface area contributed by atoms with E-state index < -0.39 is 0 Å². The maximum atomic E-state index is 11.0. The number of rotatable bonds is 3. The zero-order valence-electron chi connectivity index (χ0n) is 9.77. The predicted molar refractivity (Wildman–Crippen MR) is 68.1 cm³/mol. The highest BCUT2D eigenvalue weighted by Gasteiger charge is 2.15. The molecule has 0 spiro atoms. The third-order valence-corrected chi connectivity index (χ3v) is 3.03. The van der Waals surface area contributed by atoms with E-state index >= 15 is 0 Å². The van der Waals surface area contributed by atoms with Crippen molar-refractivity contribution < 1.29 is 4.79 Å². The van der Waals surface area contributed by atoms with Gasteiger partial charge in [-0.3, -0.25) is 4.79 Å². The smallest absolute Gasteiger partial charge is 0.155 e. The van der Waals surface area contributed by atoms with E-state index in [4.69, 9.17) is 11.6 Å². The maximum absolute atomic E-state index is 11.0. The average molecular weight is 249 g/mol. The first-order chi connectivity index (χ1) is 8.17. The van der Waals surface area contributed by atoms with E-state index in [1.807, 2.05) is 38.1 Å². The summed E-state index contributed by atoms with van der Waals surface area (Å²) in [5.41, 5.74) is 3.24. The topological polar surface area (TPSA) is 34.9 Å². The van der Waals surface area contributed by atoms with Gasteiger partial charge in [-0.05, 0) is 25.5 Å². The summed E-state index contributed by atoms with van der Waals surface area (Å²) in [5, 5.41) is 4.73. The van der Waals surface area contributed by atoms with Gasteiger partial charge in [0, 0.05) is 0 Å². The van der Waals surface area contributed by atoms with Crippen molar-refractivity contribution in [3.05, 3.63) is 46.2 Å². The summed E-state index contributed by atoms with van der Waals surface area (Å²) in [7, 11) is 0. The van der Waals surface area contributed by atoms with Gasteiger partial charge in [0.25, 0.3) is 0 Å². The number of carbonyl (C=O) groups is 1. The van der Waals surface area contributed by atoms with Crippen LogP contribution in [-0.2, 0) is 6.42 Å². The SMILES string of the molecule is CCc1nn(-c2ccc(C)cc2)c(Cl)c1C=O. The molecule has 0 saturated carbocycles. The van der Waals surface area contributed by atoms with Crippen LogP contribution in [0, 0.1) is 6.92 Å². The number of aryl methyl sites for hydroxylation is 2. The first-order valence-electron chi connectivity index (χ1n) is 5.47. The molecule has 0 fully saturated rings. The Hall–Kier alpha value is -1.61. The highest BCUT2D eigenvalue weighted by Crippen LogP contribution is 2.22. The molecule has 2 aromatic rings. The van der Waals surface area contributed by atoms with E-state index in [0.717, 1.165) is 17.7 Å². The lowest BCUT2D eigenvalue weighted by Gasteiger charge is -2.03. The van der Waals surface area contributed by atoms with Crippen LogP contribution in [0.2, 0.25) is 5.15 Å². The molecule has 1 heterocycles. The van der Waals surface area contributed by atoms with Gasteiger partial charge in [-0.15, -0.1) is 0 Å². The minimum atomic E-state index is 0.376. The Morgan fingerprint density at radius 2 is 2.00 bits per heavy atom. The molecule has 4 heteroatoms. The first kappa shape index (κ1) is 11.9. The molecule has 0 aliphatic heterocycles. The van der Waals surface area contributed by atoms with Crippen LogP contribution in [0.1, 0.15) is 28.5 Å². The molecule has 0 saturated heterocycles. The molecule has 0 bridgehead atoms. The number of benzene rings is 1. The van der Waals surface area contributed by atoms with Crippen LogP contribution in [0.3, 0.4) is 0 Å². The minimum Gasteiger partial charge on any atom is -0.298 e. The van der Waals surface area contributed by atoms with Gasteiger partial charge in [0.1, 0.15) is 5.15 Å². The molecule has 1 aromatic heterocycles. The van der Waals surface area contributed by atoms with Crippen LogP contribution in [0.5, 0.6) is 0 Å². The zero-order valence-corrected chi connectivity index (χ0v) is 10.5. The molecule has 88 valence electrons. The van der Waals surface area contributed by atoms with Gasteiger partial charge in [-0.2, -0.15) is 5.10 Å². The van der Waals surface area contributed by atoms with Crippen LogP contribution in [0.4, 0.5) is 0 Å². The van der Waals surface area contributed by atoms with Crippen molar-refractivity contribution in [2.24, 2.45) is 0 Å². The van der Waals surface area contributed by atoms with Crippen molar-refractivity contribution >= 4 is 17.9 Å². The second-order valence-electron chi connectivity index (χ2n) is 3.87. The third kappa shape index (κ3) is 2.11. The van der Waals surface area contributed by atoms with E-state index in [2.05, 4.69) is 5.10 Å². The molecular weight excluding hydrogens is 236 g/mol. The summed E-state index contributed by atoms with van der Waals surface area (Å²) in [6.07, 6.45) is 1.45. The van der Waals surface area contributed by atoms with Crippen LogP contribution >= 0.6 is 11.6 Å². The minimum absolute atomic E-state index is 0.376. The van der Waals surface area contributed by atoms with Crippen LogP contribution in [0.15, 0.2) is 24.3 Å². The molecule has 0 N–H and O–H groups in total. The van der Waals surface area contributed by atoms with E-state index in [1.165, 1.54) is 5.56 Å². The number of hydrogen-bond donors (Lipinski definition) is 0. The summed E-state index contributed by atoms with van der Waals surface area (Å²) in [6, 6.07) is 7.84. The van der Waals surface area contributed by atoms with Gasteiger partial charge in [-0.25, -0.2) is 4.68 Å². The van der Waals surface area contributed by atoms with Crippen molar-refractivity contribution in [1.29, 1.82) is 0 Å². The second-order valence-corrected chi connectivity index (χ2v) is 4.23. The van der Waals surface area contributed by atoms with E-state index in [-0.39, 0.29) is 0 Å². The van der Waals surface area contributed by atoms with Crippen molar-refractivity contribution in [2.75, 3.05) is 0 Å². The lowest BCUT2D eigenvalue weighted by atomic mass is 10.2. The number of aldehydes is 1. The highest BCUT2D eigenvalue weighted by molar-refractivity contribution is 6.32. The Kier molecular flexibility index (Phi) is 3.29. The molecule has 0 unspecified atom stereocenters. The van der Waals surface area contributed by atoms with Crippen LogP contribution in [-0.4, -0.2) is 16.1 Å². The molecular formula is C13H13ClN2O. The van der Waals surface area contributed by atoms with Gasteiger partial charge < -0.3 is 0 Å². The molecule has 0 aliphatic carbocycles. The summed E-state index contributed by atoms with van der Waals surface area (Å²) < 4.78 is 1.60. The normalized spacial score (nSPS) is 10.5. The van der Waals surface area contributed by atoms with Crippen LogP contribution < -0.4 is 0 Å². The Morgan fingerprint density at radius 3 is 2.47 bits per heavy atom. The van der Waals surface area contributed by atoms with Crippen molar-refractivity contribution in [2.45, 2.75) is 20.3 Å². The quantitative estimate of drug-likeness (QED) is 0.782. The summed E-state index contributed by atoms with van der Waals surface area (Å²) in [4.78, 5) is 11.0. The molecule has 0 atom stereocenters. The van der Waals surface area contributed by atoms with Crippen molar-refractivity contribution in [3.8, 4) is 5.69 Å². The highest BCUT2D eigenvalue weighted by atomic mass is 35.5. The molecule has 2 rings (SSSR count). The molecule has 17 heavy (non-hydrogen) atoms. The van der Waals surface area contributed by atoms with E-state index in [9.17, 15) is 4.79 Å². The monoisotopic (exact) mass is 248 g/mol. The Bertz CT molecular complexity index is 543. The van der Waals surface area contributed by atoms with E-state index in [1.54, 1.807) is 4.68 Å². The van der Waals surface area contributed by atoms with Crippen LogP contribution in [0.25, 0.3) is 5.69 Å². The Morgan fingerprint density at radius 1 is 1.35 bits per heavy atom. The van der Waals surface area contributed by atoms with Gasteiger partial charge >= 0.3 is 0 Å². The third-order valence-electron chi connectivity index (χ3n) is 2.67. The summed E-state index contributed by atoms with van der Waals surface area (Å²) in [5.74, 6) is 0. The summed E-state index contributed by atoms with van der Waals surface area (Å²) >= 11 is 6.15. The second kappa shape index (κ2) is 4.72. The molecule has 0 aliphatic rings. The predicted octanol–water partition coefficient (Wildman–Crippen LogP) is 3.21. The largest absolute Gasteiger partial charge is 0.298 e. The van der Waals surface area contributed by atoms with Gasteiger partial charge in [-0.1, -0.05) is 36.2 Å². The lowest BCUT2D eigenvalue weighted by molar-refractivity contribution is 0.112. The van der Waals surface area contributed by atoms with Crippen molar-refractivity contribution in [1.82, 2.24) is 9.78 Å². The van der Waals surface area contributed by atoms with Gasteiger partial charge in [0.2, 0.25) is 0 Å². The van der Waals surface area contributed by atoms with Crippen molar-refractivity contribution in [3.63, 3.8) is 0 Å². The number of carbonyl (C=O) groups excluding carboxylic acids is 1. The summed E-state index contributed by atoms with van der Waals surface area (Å²) in [6.45, 7) is 3.97. The average Bonchev–Trinajstić information content (AvgIpc) is 2.66. The number of hydrogen-bond acceptors (Lipinski definition) is 2. The molecule has 3 nitrogen and oxygen atoms in total.